The molecule has 0 aromatic rings. The Hall–Kier alpha value is -0.120. The zero-order valence-electron chi connectivity index (χ0n) is 17.4. The molecule has 2 saturated heterocycles. The molecule has 26 heavy (non-hydrogen) atoms. The van der Waals surface area contributed by atoms with Crippen molar-refractivity contribution in [3.63, 3.8) is 0 Å². The molecule has 0 radical (unpaired) electrons. The molecule has 0 amide bonds. The molecule has 7 heteroatoms. The molecule has 2 atom stereocenters. The van der Waals surface area contributed by atoms with Gasteiger partial charge in [-0.1, -0.05) is 6.42 Å². The van der Waals surface area contributed by atoms with Crippen LogP contribution >= 0.6 is 24.0 Å². The minimum atomic E-state index is 0. The van der Waals surface area contributed by atoms with Crippen LogP contribution in [0.15, 0.2) is 4.99 Å². The molecule has 0 saturated carbocycles. The summed E-state index contributed by atoms with van der Waals surface area (Å²) in [4.78, 5) is 9.53. The molecule has 2 unspecified atom stereocenters. The minimum Gasteiger partial charge on any atom is -0.379 e. The lowest BCUT2D eigenvalue weighted by molar-refractivity contribution is -0.0174. The predicted molar refractivity (Wildman–Crippen MR) is 121 cm³/mol. The van der Waals surface area contributed by atoms with E-state index in [9.17, 15) is 0 Å². The largest absolute Gasteiger partial charge is 0.379 e. The Balaban J connectivity index is 0.00000338. The molecule has 6 nitrogen and oxygen atoms in total. The van der Waals surface area contributed by atoms with Crippen molar-refractivity contribution in [1.29, 1.82) is 0 Å². The lowest BCUT2D eigenvalue weighted by Crippen LogP contribution is -2.56. The van der Waals surface area contributed by atoms with Gasteiger partial charge in [0.15, 0.2) is 5.96 Å². The second-order valence-corrected chi connectivity index (χ2v) is 8.18. The molecule has 0 bridgehead atoms. The van der Waals surface area contributed by atoms with Gasteiger partial charge in [-0.05, 0) is 53.6 Å². The van der Waals surface area contributed by atoms with Crippen molar-refractivity contribution in [2.24, 2.45) is 4.99 Å². The van der Waals surface area contributed by atoms with Crippen molar-refractivity contribution >= 4 is 29.9 Å². The van der Waals surface area contributed by atoms with Crippen LogP contribution in [0.4, 0.5) is 0 Å². The average Bonchev–Trinajstić information content (AvgIpc) is 2.62. The Kier molecular flexibility index (Phi) is 10.7. The number of nitrogens with one attached hydrogen (secondary N) is 2. The van der Waals surface area contributed by atoms with Gasteiger partial charge in [-0.2, -0.15) is 0 Å². The first-order valence-corrected chi connectivity index (χ1v) is 9.97. The highest BCUT2D eigenvalue weighted by Crippen LogP contribution is 2.19. The van der Waals surface area contributed by atoms with Crippen LogP contribution < -0.4 is 10.6 Å². The van der Waals surface area contributed by atoms with Gasteiger partial charge in [0, 0.05) is 44.3 Å². The Bertz CT molecular complexity index is 426. The Morgan fingerprint density at radius 3 is 2.50 bits per heavy atom. The number of likely N-dealkylation sites (tertiary alicyclic amines) is 1. The molecule has 2 rings (SSSR count). The van der Waals surface area contributed by atoms with Crippen molar-refractivity contribution in [2.45, 2.75) is 64.6 Å². The number of guanidine groups is 1. The topological polar surface area (TPSA) is 52.1 Å². The maximum Gasteiger partial charge on any atom is 0.191 e. The first kappa shape index (κ1) is 23.9. The number of hydrogen-bond acceptors (Lipinski definition) is 4. The molecular formula is C19H40IN5O. The summed E-state index contributed by atoms with van der Waals surface area (Å²) in [5.74, 6) is 0.901. The van der Waals surface area contributed by atoms with Crippen LogP contribution in [-0.2, 0) is 4.74 Å². The number of nitrogens with zero attached hydrogens (tertiary/aromatic N) is 3. The Morgan fingerprint density at radius 1 is 1.19 bits per heavy atom. The van der Waals surface area contributed by atoms with Crippen LogP contribution in [0.1, 0.15) is 47.0 Å². The molecule has 2 aliphatic heterocycles. The normalized spacial score (nSPS) is 24.7. The molecule has 2 aliphatic rings. The monoisotopic (exact) mass is 481 g/mol. The lowest BCUT2D eigenvalue weighted by atomic mass is 9.98. The van der Waals surface area contributed by atoms with Gasteiger partial charge in [0.1, 0.15) is 0 Å². The summed E-state index contributed by atoms with van der Waals surface area (Å²) in [7, 11) is 1.85. The lowest BCUT2D eigenvalue weighted by Gasteiger charge is -2.41. The Morgan fingerprint density at radius 2 is 1.88 bits per heavy atom. The van der Waals surface area contributed by atoms with Crippen molar-refractivity contribution in [3.8, 4) is 0 Å². The number of rotatable bonds is 6. The predicted octanol–water partition coefficient (Wildman–Crippen LogP) is 2.14. The number of piperidine rings is 1. The second-order valence-electron chi connectivity index (χ2n) is 8.18. The molecule has 0 spiro atoms. The quantitative estimate of drug-likeness (QED) is 0.346. The van der Waals surface area contributed by atoms with Crippen molar-refractivity contribution < 1.29 is 4.74 Å². The molecular weight excluding hydrogens is 441 g/mol. The number of halogens is 1. The summed E-state index contributed by atoms with van der Waals surface area (Å²) in [6.45, 7) is 16.1. The van der Waals surface area contributed by atoms with Crippen molar-refractivity contribution in [1.82, 2.24) is 20.4 Å². The fourth-order valence-corrected chi connectivity index (χ4v) is 3.89. The van der Waals surface area contributed by atoms with E-state index in [1.54, 1.807) is 0 Å². The third-order valence-electron chi connectivity index (χ3n) is 5.67. The van der Waals surface area contributed by atoms with Crippen LogP contribution in [-0.4, -0.2) is 86.4 Å². The third-order valence-corrected chi connectivity index (χ3v) is 5.67. The zero-order valence-corrected chi connectivity index (χ0v) is 19.7. The van der Waals surface area contributed by atoms with E-state index < -0.39 is 0 Å². The molecule has 2 heterocycles. The van der Waals surface area contributed by atoms with Gasteiger partial charge < -0.3 is 15.4 Å². The van der Waals surface area contributed by atoms with E-state index in [0.717, 1.165) is 38.8 Å². The summed E-state index contributed by atoms with van der Waals surface area (Å²) >= 11 is 0. The van der Waals surface area contributed by atoms with Crippen molar-refractivity contribution in [2.75, 3.05) is 53.0 Å². The average molecular weight is 481 g/mol. The van der Waals surface area contributed by atoms with Crippen LogP contribution in [0.25, 0.3) is 0 Å². The van der Waals surface area contributed by atoms with E-state index in [-0.39, 0.29) is 29.5 Å². The summed E-state index contributed by atoms with van der Waals surface area (Å²) in [6, 6.07) is 0.950. The summed E-state index contributed by atoms with van der Waals surface area (Å²) in [5.41, 5.74) is 0.155. The van der Waals surface area contributed by atoms with E-state index in [2.05, 4.69) is 53.1 Å². The summed E-state index contributed by atoms with van der Waals surface area (Å²) < 4.78 is 5.54. The SMILES string of the molecule is CN=C(NCC(C)N1CCOCC1C)NCC(C)(C)N1CCCCC1.I. The van der Waals surface area contributed by atoms with Gasteiger partial charge in [0.25, 0.3) is 0 Å². The van der Waals surface area contributed by atoms with Crippen LogP contribution in [0, 0.1) is 0 Å². The maximum absolute atomic E-state index is 5.54. The van der Waals surface area contributed by atoms with Gasteiger partial charge in [-0.15, -0.1) is 24.0 Å². The smallest absolute Gasteiger partial charge is 0.191 e. The molecule has 0 aromatic carbocycles. The first-order chi connectivity index (χ1) is 11.9. The fraction of sp³-hybridized carbons (Fsp3) is 0.947. The zero-order chi connectivity index (χ0) is 18.3. The summed E-state index contributed by atoms with van der Waals surface area (Å²) in [6.07, 6.45) is 4.03. The van der Waals surface area contributed by atoms with Crippen LogP contribution in [0.2, 0.25) is 0 Å². The Labute approximate surface area is 177 Å². The highest BCUT2D eigenvalue weighted by atomic mass is 127. The third kappa shape index (κ3) is 7.13. The molecule has 154 valence electrons. The minimum absolute atomic E-state index is 0. The van der Waals surface area contributed by atoms with Crippen LogP contribution in [0.5, 0.6) is 0 Å². The molecule has 2 N–H and O–H groups in total. The molecule has 2 fully saturated rings. The van der Waals surface area contributed by atoms with Gasteiger partial charge in [-0.25, -0.2) is 0 Å². The number of hydrogen-bond donors (Lipinski definition) is 2. The highest BCUT2D eigenvalue weighted by Gasteiger charge is 2.28. The fourth-order valence-electron chi connectivity index (χ4n) is 3.89. The van der Waals surface area contributed by atoms with E-state index in [1.165, 1.54) is 32.4 Å². The molecule has 0 aliphatic carbocycles. The number of morpholine rings is 1. The van der Waals surface area contributed by atoms with Crippen molar-refractivity contribution in [3.05, 3.63) is 0 Å². The maximum atomic E-state index is 5.54. The van der Waals surface area contributed by atoms with Gasteiger partial charge in [-0.3, -0.25) is 14.8 Å². The van der Waals surface area contributed by atoms with E-state index in [0.29, 0.717) is 12.1 Å². The van der Waals surface area contributed by atoms with E-state index in [1.807, 2.05) is 7.05 Å². The van der Waals surface area contributed by atoms with E-state index in [4.69, 9.17) is 4.74 Å². The first-order valence-electron chi connectivity index (χ1n) is 9.97. The van der Waals surface area contributed by atoms with Gasteiger partial charge in [0.2, 0.25) is 0 Å². The standard InChI is InChI=1S/C19H39N5O.HI/c1-16(24-11-12-25-14-17(24)2)13-21-18(20-5)22-15-19(3,4)23-9-7-6-8-10-23;/h16-17H,6-15H2,1-5H3,(H2,20,21,22);1H. The van der Waals surface area contributed by atoms with Gasteiger partial charge in [0.05, 0.1) is 13.2 Å². The second kappa shape index (κ2) is 11.7. The number of aliphatic imine (C=N–C) groups is 1. The number of ether oxygens (including phenoxy) is 1. The molecule has 0 aromatic heterocycles. The van der Waals surface area contributed by atoms with E-state index >= 15 is 0 Å². The van der Waals surface area contributed by atoms with Gasteiger partial charge >= 0.3 is 0 Å². The van der Waals surface area contributed by atoms with Crippen LogP contribution in [0.3, 0.4) is 0 Å². The highest BCUT2D eigenvalue weighted by molar-refractivity contribution is 14.0. The summed E-state index contributed by atoms with van der Waals surface area (Å²) in [5, 5.41) is 7.03.